The molecule has 0 aliphatic heterocycles. The van der Waals surface area contributed by atoms with Crippen LogP contribution >= 0.6 is 12.2 Å². The smallest absolute Gasteiger partial charge is 0.262 e. The van der Waals surface area contributed by atoms with Gasteiger partial charge in [-0.15, -0.1) is 0 Å². The van der Waals surface area contributed by atoms with E-state index >= 15 is 0 Å². The molecule has 2 aromatic heterocycles. The number of nitrogens with zero attached hydrogens (tertiary/aromatic N) is 3. The molecule has 0 atom stereocenters. The predicted octanol–water partition coefficient (Wildman–Crippen LogP) is 2.56. The van der Waals surface area contributed by atoms with E-state index in [0.717, 1.165) is 11.3 Å². The molecule has 2 heterocycles. The highest BCUT2D eigenvalue weighted by Gasteiger charge is 2.10. The predicted molar refractivity (Wildman–Crippen MR) is 118 cm³/mol. The van der Waals surface area contributed by atoms with Crippen LogP contribution in [0.25, 0.3) is 22.3 Å². The number of fused-ring (bicyclic) bond motifs is 1. The number of aromatic amines is 2. The van der Waals surface area contributed by atoms with Crippen molar-refractivity contribution in [3.8, 4) is 17.1 Å². The van der Waals surface area contributed by atoms with E-state index < -0.39 is 0 Å². The van der Waals surface area contributed by atoms with Crippen LogP contribution in [-0.4, -0.2) is 37.7 Å². The van der Waals surface area contributed by atoms with Crippen LogP contribution < -0.4 is 15.6 Å². The molecule has 0 aliphatic carbocycles. The van der Waals surface area contributed by atoms with Gasteiger partial charge in [0.1, 0.15) is 11.6 Å². The van der Waals surface area contributed by atoms with Gasteiger partial charge in [0.25, 0.3) is 5.56 Å². The lowest BCUT2D eigenvalue weighted by atomic mass is 10.2. The van der Waals surface area contributed by atoms with Gasteiger partial charge >= 0.3 is 0 Å². The second kappa shape index (κ2) is 8.92. The molecular formula is C21H20N6O3S. The molecule has 2 aromatic carbocycles. The van der Waals surface area contributed by atoms with E-state index in [0.29, 0.717) is 22.6 Å². The number of hydrogen-bond acceptors (Lipinski definition) is 6. The second-order valence-corrected chi connectivity index (χ2v) is 7.18. The minimum atomic E-state index is -0.225. The number of carbonyl (C=O) groups excluding carboxylic acids is 1. The summed E-state index contributed by atoms with van der Waals surface area (Å²) in [6.07, 6.45) is 0.106. The summed E-state index contributed by atoms with van der Waals surface area (Å²) in [6, 6.07) is 14.5. The Balaban J connectivity index is 1.36. The first-order valence-corrected chi connectivity index (χ1v) is 10.0. The molecule has 0 saturated carbocycles. The number of carbonyl (C=O) groups is 1. The standard InChI is InChI=1S/C21H20N6O3S/c1-30-14-8-6-13(7-9-14)19-24-17(25-26-19)12-22-18(28)10-11-27-20(29)15-4-2-3-5-16(15)23-21(27)31/h2-9H,10-12H2,1H3,(H,22,28)(H,23,31)(H,24,25,26). The minimum Gasteiger partial charge on any atom is -0.497 e. The van der Waals surface area contributed by atoms with Crippen LogP contribution in [-0.2, 0) is 17.9 Å². The largest absolute Gasteiger partial charge is 0.497 e. The molecule has 0 radical (unpaired) electrons. The molecule has 10 heteroatoms. The van der Waals surface area contributed by atoms with Gasteiger partial charge < -0.3 is 15.0 Å². The van der Waals surface area contributed by atoms with E-state index in [1.165, 1.54) is 4.57 Å². The Morgan fingerprint density at radius 1 is 1.19 bits per heavy atom. The number of benzene rings is 2. The molecular weight excluding hydrogens is 416 g/mol. The Bertz CT molecular complexity index is 1340. The molecule has 0 unspecified atom stereocenters. The molecule has 0 aliphatic rings. The lowest BCUT2D eigenvalue weighted by molar-refractivity contribution is -0.121. The van der Waals surface area contributed by atoms with Crippen molar-refractivity contribution in [3.63, 3.8) is 0 Å². The molecule has 0 bridgehead atoms. The lowest BCUT2D eigenvalue weighted by Gasteiger charge is -2.08. The quantitative estimate of drug-likeness (QED) is 0.383. The highest BCUT2D eigenvalue weighted by Crippen LogP contribution is 2.18. The van der Waals surface area contributed by atoms with Gasteiger partial charge in [0.15, 0.2) is 10.6 Å². The van der Waals surface area contributed by atoms with Crippen LogP contribution in [0.1, 0.15) is 12.2 Å². The number of nitrogens with one attached hydrogen (secondary N) is 3. The normalized spacial score (nSPS) is 10.9. The van der Waals surface area contributed by atoms with Gasteiger partial charge in [0.2, 0.25) is 5.91 Å². The molecule has 4 aromatic rings. The molecule has 0 spiro atoms. The third-order valence-corrected chi connectivity index (χ3v) is 5.11. The second-order valence-electron chi connectivity index (χ2n) is 6.79. The fourth-order valence-electron chi connectivity index (χ4n) is 3.13. The molecule has 0 fully saturated rings. The minimum absolute atomic E-state index is 0.106. The summed E-state index contributed by atoms with van der Waals surface area (Å²) in [5.41, 5.74) is 1.29. The van der Waals surface area contributed by atoms with Crippen molar-refractivity contribution >= 4 is 29.0 Å². The highest BCUT2D eigenvalue weighted by molar-refractivity contribution is 7.71. The van der Waals surface area contributed by atoms with Crippen LogP contribution in [0.15, 0.2) is 53.3 Å². The number of H-pyrrole nitrogens is 2. The first-order chi connectivity index (χ1) is 15.0. The van der Waals surface area contributed by atoms with E-state index in [-0.39, 0.29) is 35.7 Å². The fourth-order valence-corrected chi connectivity index (χ4v) is 3.41. The van der Waals surface area contributed by atoms with Gasteiger partial charge in [-0.1, -0.05) is 12.1 Å². The Morgan fingerprint density at radius 3 is 2.74 bits per heavy atom. The summed E-state index contributed by atoms with van der Waals surface area (Å²) >= 11 is 5.27. The molecule has 9 nitrogen and oxygen atoms in total. The first kappa shape index (κ1) is 20.5. The van der Waals surface area contributed by atoms with E-state index in [9.17, 15) is 9.59 Å². The Hall–Kier alpha value is -3.79. The van der Waals surface area contributed by atoms with E-state index in [4.69, 9.17) is 17.0 Å². The Morgan fingerprint density at radius 2 is 1.97 bits per heavy atom. The molecule has 3 N–H and O–H groups in total. The average molecular weight is 436 g/mol. The summed E-state index contributed by atoms with van der Waals surface area (Å²) in [7, 11) is 1.60. The van der Waals surface area contributed by atoms with Crippen molar-refractivity contribution in [2.45, 2.75) is 19.5 Å². The van der Waals surface area contributed by atoms with Crippen LogP contribution in [0.3, 0.4) is 0 Å². The van der Waals surface area contributed by atoms with Gasteiger partial charge in [-0.2, -0.15) is 5.10 Å². The summed E-state index contributed by atoms with van der Waals surface area (Å²) in [5, 5.41) is 10.3. The van der Waals surface area contributed by atoms with Crippen molar-refractivity contribution in [2.75, 3.05) is 7.11 Å². The number of aromatic nitrogens is 5. The summed E-state index contributed by atoms with van der Waals surface area (Å²) in [6.45, 7) is 0.375. The summed E-state index contributed by atoms with van der Waals surface area (Å²) in [5.74, 6) is 1.58. The zero-order chi connectivity index (χ0) is 21.8. The number of amides is 1. The number of hydrogen-bond donors (Lipinski definition) is 3. The van der Waals surface area contributed by atoms with Crippen LogP contribution in [0.5, 0.6) is 5.75 Å². The van der Waals surface area contributed by atoms with Gasteiger partial charge in [0, 0.05) is 18.5 Å². The van der Waals surface area contributed by atoms with Gasteiger partial charge in [0.05, 0.1) is 24.6 Å². The van der Waals surface area contributed by atoms with Gasteiger partial charge in [-0.05, 0) is 48.6 Å². The van der Waals surface area contributed by atoms with E-state index in [1.54, 1.807) is 25.3 Å². The fraction of sp³-hybridized carbons (Fsp3) is 0.190. The molecule has 4 rings (SSSR count). The van der Waals surface area contributed by atoms with Crippen molar-refractivity contribution in [1.29, 1.82) is 0 Å². The lowest BCUT2D eigenvalue weighted by Crippen LogP contribution is -2.28. The van der Waals surface area contributed by atoms with Crippen LogP contribution in [0.4, 0.5) is 0 Å². The number of ether oxygens (including phenoxy) is 1. The molecule has 1 amide bonds. The van der Waals surface area contributed by atoms with E-state index in [2.05, 4.69) is 25.5 Å². The maximum atomic E-state index is 12.6. The Labute approximate surface area is 182 Å². The maximum Gasteiger partial charge on any atom is 0.262 e. The zero-order valence-electron chi connectivity index (χ0n) is 16.7. The van der Waals surface area contributed by atoms with Crippen molar-refractivity contribution in [3.05, 3.63) is 69.5 Å². The Kier molecular flexibility index (Phi) is 5.89. The molecule has 0 saturated heterocycles. The number of para-hydroxylation sites is 1. The average Bonchev–Trinajstić information content (AvgIpc) is 3.27. The SMILES string of the molecule is COc1ccc(-c2n[nH]c(CNC(=O)CCn3c(=S)[nH]c4ccccc4c3=O)n2)cc1. The third kappa shape index (κ3) is 4.53. The van der Waals surface area contributed by atoms with Gasteiger partial charge in [-0.25, -0.2) is 4.98 Å². The number of rotatable bonds is 7. The topological polar surface area (TPSA) is 118 Å². The summed E-state index contributed by atoms with van der Waals surface area (Å²) < 4.78 is 6.82. The summed E-state index contributed by atoms with van der Waals surface area (Å²) in [4.78, 5) is 32.3. The van der Waals surface area contributed by atoms with Crippen molar-refractivity contribution < 1.29 is 9.53 Å². The van der Waals surface area contributed by atoms with Gasteiger partial charge in [-0.3, -0.25) is 19.3 Å². The maximum absolute atomic E-state index is 12.6. The van der Waals surface area contributed by atoms with Crippen molar-refractivity contribution in [2.24, 2.45) is 0 Å². The third-order valence-electron chi connectivity index (χ3n) is 4.78. The first-order valence-electron chi connectivity index (χ1n) is 9.59. The van der Waals surface area contributed by atoms with Crippen LogP contribution in [0.2, 0.25) is 0 Å². The number of methoxy groups -OCH3 is 1. The van der Waals surface area contributed by atoms with Crippen LogP contribution in [0, 0.1) is 4.77 Å². The zero-order valence-corrected chi connectivity index (χ0v) is 17.5. The van der Waals surface area contributed by atoms with Crippen molar-refractivity contribution in [1.82, 2.24) is 30.0 Å². The van der Waals surface area contributed by atoms with E-state index in [1.807, 2.05) is 30.3 Å². The highest BCUT2D eigenvalue weighted by atomic mass is 32.1. The molecule has 31 heavy (non-hydrogen) atoms. The monoisotopic (exact) mass is 436 g/mol. The molecule has 158 valence electrons.